The van der Waals surface area contributed by atoms with E-state index >= 15 is 0 Å². The van der Waals surface area contributed by atoms with Crippen LogP contribution in [0.15, 0.2) is 23.2 Å². The van der Waals surface area contributed by atoms with Crippen molar-refractivity contribution in [1.29, 1.82) is 0 Å². The van der Waals surface area contributed by atoms with Crippen molar-refractivity contribution in [2.45, 2.75) is 13.5 Å². The highest BCUT2D eigenvalue weighted by atomic mass is 16.7. The monoisotopic (exact) mass is 331 g/mol. The SMILES string of the molecule is CC(=NCc1ccc2c(c1)OCO2)C1C(=O)N(C)C(=O)N(C)C1=O. The standard InChI is InChI=1S/C16H17N3O5/c1-9(13-14(20)18(2)16(22)19(3)15(13)21)17-7-10-4-5-11-12(6-10)24-8-23-11/h4-6,13H,7-8H2,1-3H3. The summed E-state index contributed by atoms with van der Waals surface area (Å²) < 4.78 is 10.6. The molecule has 0 atom stereocenters. The summed E-state index contributed by atoms with van der Waals surface area (Å²) in [4.78, 5) is 42.4. The number of benzene rings is 1. The molecule has 1 saturated heterocycles. The highest BCUT2D eigenvalue weighted by molar-refractivity contribution is 6.26. The van der Waals surface area contributed by atoms with E-state index in [1.165, 1.54) is 14.1 Å². The second kappa shape index (κ2) is 5.95. The Morgan fingerprint density at radius 1 is 1.12 bits per heavy atom. The Morgan fingerprint density at radius 2 is 1.75 bits per heavy atom. The van der Waals surface area contributed by atoms with Crippen molar-refractivity contribution in [2.75, 3.05) is 20.9 Å². The molecular weight excluding hydrogens is 314 g/mol. The van der Waals surface area contributed by atoms with E-state index in [1.807, 2.05) is 12.1 Å². The van der Waals surface area contributed by atoms with Gasteiger partial charge in [0.1, 0.15) is 0 Å². The van der Waals surface area contributed by atoms with E-state index in [2.05, 4.69) is 4.99 Å². The number of amides is 4. The Balaban J connectivity index is 1.79. The molecule has 0 N–H and O–H groups in total. The van der Waals surface area contributed by atoms with Gasteiger partial charge in [-0.3, -0.25) is 24.4 Å². The molecule has 3 rings (SSSR count). The molecule has 2 aliphatic rings. The molecule has 8 heteroatoms. The first kappa shape index (κ1) is 16.0. The van der Waals surface area contributed by atoms with Gasteiger partial charge in [0.25, 0.3) is 0 Å². The molecule has 2 aliphatic heterocycles. The summed E-state index contributed by atoms with van der Waals surface area (Å²) in [6, 6.07) is 4.81. The maximum atomic E-state index is 12.2. The molecule has 0 aromatic heterocycles. The lowest BCUT2D eigenvalue weighted by molar-refractivity contribution is -0.144. The number of aliphatic imine (C=N–C) groups is 1. The van der Waals surface area contributed by atoms with E-state index < -0.39 is 23.8 Å². The number of hydrogen-bond acceptors (Lipinski definition) is 6. The van der Waals surface area contributed by atoms with Gasteiger partial charge >= 0.3 is 6.03 Å². The van der Waals surface area contributed by atoms with E-state index in [9.17, 15) is 14.4 Å². The zero-order chi connectivity index (χ0) is 17.4. The Bertz CT molecular complexity index is 734. The van der Waals surface area contributed by atoms with E-state index in [0.717, 1.165) is 15.4 Å². The second-order valence-corrected chi connectivity index (χ2v) is 5.66. The molecule has 0 bridgehead atoms. The fourth-order valence-electron chi connectivity index (χ4n) is 2.61. The smallest absolute Gasteiger partial charge is 0.332 e. The molecule has 24 heavy (non-hydrogen) atoms. The first-order valence-corrected chi connectivity index (χ1v) is 7.38. The van der Waals surface area contributed by atoms with Crippen LogP contribution in [0.25, 0.3) is 0 Å². The number of ether oxygens (including phenoxy) is 2. The minimum atomic E-state index is -1.06. The first-order chi connectivity index (χ1) is 11.4. The second-order valence-electron chi connectivity index (χ2n) is 5.66. The molecule has 8 nitrogen and oxygen atoms in total. The van der Waals surface area contributed by atoms with Gasteiger partial charge in [-0.25, -0.2) is 4.79 Å². The van der Waals surface area contributed by atoms with Crippen molar-refractivity contribution >= 4 is 23.6 Å². The van der Waals surface area contributed by atoms with Crippen LogP contribution in [-0.2, 0) is 16.1 Å². The summed E-state index contributed by atoms with van der Waals surface area (Å²) in [5.41, 5.74) is 1.24. The van der Waals surface area contributed by atoms with Gasteiger partial charge in [-0.15, -0.1) is 0 Å². The van der Waals surface area contributed by atoms with E-state index in [0.29, 0.717) is 23.8 Å². The number of carbonyl (C=O) groups is 3. The first-order valence-electron chi connectivity index (χ1n) is 7.38. The van der Waals surface area contributed by atoms with Gasteiger partial charge in [0.2, 0.25) is 18.6 Å². The van der Waals surface area contributed by atoms with Crippen LogP contribution in [0.4, 0.5) is 4.79 Å². The van der Waals surface area contributed by atoms with Crippen molar-refractivity contribution in [3.8, 4) is 11.5 Å². The van der Waals surface area contributed by atoms with Gasteiger partial charge in [0.15, 0.2) is 17.4 Å². The maximum absolute atomic E-state index is 12.2. The third kappa shape index (κ3) is 2.60. The number of nitrogens with zero attached hydrogens (tertiary/aromatic N) is 3. The Hall–Kier alpha value is -2.90. The molecule has 1 fully saturated rings. The number of carbonyl (C=O) groups excluding carboxylic acids is 3. The number of barbiturate groups is 1. The predicted molar refractivity (Wildman–Crippen MR) is 83.8 cm³/mol. The average Bonchev–Trinajstić information content (AvgIpc) is 3.04. The largest absolute Gasteiger partial charge is 0.454 e. The summed E-state index contributed by atoms with van der Waals surface area (Å²) in [6.45, 7) is 2.10. The van der Waals surface area contributed by atoms with Crippen LogP contribution >= 0.6 is 0 Å². The van der Waals surface area contributed by atoms with Gasteiger partial charge in [-0.05, 0) is 24.6 Å². The van der Waals surface area contributed by atoms with E-state index in [1.54, 1.807) is 13.0 Å². The topological polar surface area (TPSA) is 88.5 Å². The van der Waals surface area contributed by atoms with Crippen molar-refractivity contribution in [2.24, 2.45) is 10.9 Å². The van der Waals surface area contributed by atoms with Crippen LogP contribution in [0.2, 0.25) is 0 Å². The molecule has 4 amide bonds. The zero-order valence-corrected chi connectivity index (χ0v) is 13.6. The Labute approximate surface area is 138 Å². The average molecular weight is 331 g/mol. The molecular formula is C16H17N3O5. The maximum Gasteiger partial charge on any atom is 0.332 e. The number of imide groups is 2. The minimum Gasteiger partial charge on any atom is -0.454 e. The lowest BCUT2D eigenvalue weighted by Gasteiger charge is -2.32. The highest BCUT2D eigenvalue weighted by Gasteiger charge is 2.43. The van der Waals surface area contributed by atoms with Gasteiger partial charge in [-0.2, -0.15) is 0 Å². The quantitative estimate of drug-likeness (QED) is 0.610. The highest BCUT2D eigenvalue weighted by Crippen LogP contribution is 2.32. The third-order valence-corrected chi connectivity index (χ3v) is 4.09. The Kier molecular flexibility index (Phi) is 3.96. The predicted octanol–water partition coefficient (Wildman–Crippen LogP) is 1.04. The normalized spacial score (nSPS) is 18.6. The van der Waals surface area contributed by atoms with Crippen LogP contribution in [-0.4, -0.2) is 54.2 Å². The molecule has 0 unspecified atom stereocenters. The molecule has 0 radical (unpaired) electrons. The van der Waals surface area contributed by atoms with Gasteiger partial charge < -0.3 is 9.47 Å². The molecule has 1 aromatic carbocycles. The summed E-state index contributed by atoms with van der Waals surface area (Å²) >= 11 is 0. The molecule has 0 aliphatic carbocycles. The number of rotatable bonds is 3. The van der Waals surface area contributed by atoms with Crippen molar-refractivity contribution in [3.63, 3.8) is 0 Å². The Morgan fingerprint density at radius 3 is 2.42 bits per heavy atom. The number of hydrogen-bond donors (Lipinski definition) is 0. The lowest BCUT2D eigenvalue weighted by atomic mass is 9.99. The van der Waals surface area contributed by atoms with Gasteiger partial charge in [0.05, 0.1) is 6.54 Å². The number of urea groups is 1. The van der Waals surface area contributed by atoms with Crippen LogP contribution < -0.4 is 9.47 Å². The summed E-state index contributed by atoms with van der Waals surface area (Å²) in [7, 11) is 2.71. The zero-order valence-electron chi connectivity index (χ0n) is 13.6. The molecule has 0 spiro atoms. The van der Waals surface area contributed by atoms with Crippen LogP contribution in [0.3, 0.4) is 0 Å². The lowest BCUT2D eigenvalue weighted by Crippen LogP contribution is -2.58. The van der Waals surface area contributed by atoms with Crippen molar-refractivity contribution < 1.29 is 23.9 Å². The summed E-state index contributed by atoms with van der Waals surface area (Å²) in [5, 5.41) is 0. The van der Waals surface area contributed by atoms with Crippen LogP contribution in [0.5, 0.6) is 11.5 Å². The van der Waals surface area contributed by atoms with E-state index in [-0.39, 0.29) is 6.79 Å². The summed E-state index contributed by atoms with van der Waals surface area (Å²) in [5.74, 6) is -0.856. The van der Waals surface area contributed by atoms with Crippen molar-refractivity contribution in [1.82, 2.24) is 9.80 Å². The molecule has 126 valence electrons. The molecule has 0 saturated carbocycles. The van der Waals surface area contributed by atoms with Crippen molar-refractivity contribution in [3.05, 3.63) is 23.8 Å². The van der Waals surface area contributed by atoms with Crippen LogP contribution in [0.1, 0.15) is 12.5 Å². The fourth-order valence-corrected chi connectivity index (χ4v) is 2.61. The minimum absolute atomic E-state index is 0.193. The number of fused-ring (bicyclic) bond motifs is 1. The van der Waals surface area contributed by atoms with E-state index in [4.69, 9.17) is 9.47 Å². The molecule has 1 aromatic rings. The van der Waals surface area contributed by atoms with Gasteiger partial charge in [0, 0.05) is 19.8 Å². The third-order valence-electron chi connectivity index (χ3n) is 4.09. The molecule has 2 heterocycles. The fraction of sp³-hybridized carbons (Fsp3) is 0.375. The summed E-state index contributed by atoms with van der Waals surface area (Å²) in [6.07, 6.45) is 0. The van der Waals surface area contributed by atoms with Gasteiger partial charge in [-0.1, -0.05) is 6.07 Å². The van der Waals surface area contributed by atoms with Crippen LogP contribution in [0, 0.1) is 5.92 Å².